The Labute approximate surface area is 253 Å². The van der Waals surface area contributed by atoms with E-state index in [1.807, 2.05) is 48.5 Å². The van der Waals surface area contributed by atoms with Crippen LogP contribution < -0.4 is 0 Å². The van der Waals surface area contributed by atoms with E-state index in [-0.39, 0.29) is 17.7 Å². The number of allylic oxidation sites excluding steroid dienone is 2. The van der Waals surface area contributed by atoms with Gasteiger partial charge in [-0.1, -0.05) is 19.1 Å². The zero-order valence-corrected chi connectivity index (χ0v) is 27.1. The van der Waals surface area contributed by atoms with E-state index >= 15 is 0 Å². The quantitative estimate of drug-likeness (QED) is 0.294. The summed E-state index contributed by atoms with van der Waals surface area (Å²) in [6.45, 7) is 22.3. The molecule has 2 rings (SSSR count). The molecule has 2 heterocycles. The highest BCUT2D eigenvalue weighted by Gasteiger charge is 2.42. The summed E-state index contributed by atoms with van der Waals surface area (Å²) in [6.07, 6.45) is 7.61. The Kier molecular flexibility index (Phi) is 14.0. The molecule has 0 aromatic heterocycles. The number of hydrogen-bond donors (Lipinski definition) is 0. The van der Waals surface area contributed by atoms with Gasteiger partial charge in [-0.2, -0.15) is 5.26 Å². The lowest BCUT2D eigenvalue weighted by Crippen LogP contribution is -2.45. The van der Waals surface area contributed by atoms with Crippen LogP contribution in [0.25, 0.3) is 0 Å². The van der Waals surface area contributed by atoms with Gasteiger partial charge in [-0.15, -0.1) is 13.2 Å². The normalized spacial score (nSPS) is 23.4. The molecule has 0 unspecified atom stereocenters. The van der Waals surface area contributed by atoms with Gasteiger partial charge < -0.3 is 19.3 Å². The SMILES string of the molecule is C=CC[C@]1(CC)CN(C(=O)OC(C)(C)C)CCCC1=O.C=CC[C@]1(CCC#N)CN(C(=O)OC(C)(C)C)CCCC1=O. The summed E-state index contributed by atoms with van der Waals surface area (Å²) in [5, 5.41) is 8.87. The molecule has 2 aliphatic heterocycles. The molecule has 0 bridgehead atoms. The number of ketones is 2. The second kappa shape index (κ2) is 15.9. The molecular weight excluding hydrogens is 534 g/mol. The monoisotopic (exact) mass is 587 g/mol. The summed E-state index contributed by atoms with van der Waals surface area (Å²) in [4.78, 5) is 52.8. The molecule has 9 heteroatoms. The number of nitriles is 1. The van der Waals surface area contributed by atoms with Crippen molar-refractivity contribution in [3.63, 3.8) is 0 Å². The van der Waals surface area contributed by atoms with E-state index in [4.69, 9.17) is 14.7 Å². The van der Waals surface area contributed by atoms with Crippen LogP contribution in [0.2, 0.25) is 0 Å². The number of likely N-dealkylation sites (tertiary alicyclic amines) is 2. The minimum absolute atomic E-state index is 0.119. The van der Waals surface area contributed by atoms with Crippen molar-refractivity contribution in [3.8, 4) is 6.07 Å². The number of hydrogen-bond acceptors (Lipinski definition) is 7. The second-order valence-corrected chi connectivity index (χ2v) is 13.4. The molecule has 0 aliphatic carbocycles. The Morgan fingerprint density at radius 1 is 0.857 bits per heavy atom. The van der Waals surface area contributed by atoms with E-state index in [9.17, 15) is 19.2 Å². The van der Waals surface area contributed by atoms with E-state index < -0.39 is 28.1 Å². The molecule has 0 saturated carbocycles. The Hall–Kier alpha value is -3.15. The first kappa shape index (κ1) is 36.9. The van der Waals surface area contributed by atoms with Crippen molar-refractivity contribution in [1.82, 2.24) is 9.80 Å². The van der Waals surface area contributed by atoms with Gasteiger partial charge >= 0.3 is 12.2 Å². The largest absolute Gasteiger partial charge is 0.444 e. The smallest absolute Gasteiger partial charge is 0.410 e. The predicted molar refractivity (Wildman–Crippen MR) is 164 cm³/mol. The molecule has 0 aromatic rings. The highest BCUT2D eigenvalue weighted by atomic mass is 16.6. The number of carbonyl (C=O) groups excluding carboxylic acids is 4. The number of carbonyl (C=O) groups is 4. The van der Waals surface area contributed by atoms with Crippen LogP contribution in [0.4, 0.5) is 9.59 Å². The molecule has 0 aromatic carbocycles. The molecule has 2 amide bonds. The Balaban J connectivity index is 0.000000422. The van der Waals surface area contributed by atoms with Crippen LogP contribution in [-0.4, -0.2) is 70.9 Å². The highest BCUT2D eigenvalue weighted by Crippen LogP contribution is 2.36. The van der Waals surface area contributed by atoms with Crippen LogP contribution in [0.1, 0.15) is 106 Å². The van der Waals surface area contributed by atoms with Gasteiger partial charge in [0.25, 0.3) is 0 Å². The summed E-state index contributed by atoms with van der Waals surface area (Å²) in [5.41, 5.74) is -2.28. The third kappa shape index (κ3) is 11.3. The summed E-state index contributed by atoms with van der Waals surface area (Å²) in [5.74, 6) is 0.361. The van der Waals surface area contributed by atoms with Crippen LogP contribution in [0.15, 0.2) is 25.3 Å². The minimum Gasteiger partial charge on any atom is -0.444 e. The van der Waals surface area contributed by atoms with E-state index in [0.717, 1.165) is 6.42 Å². The van der Waals surface area contributed by atoms with Crippen LogP contribution in [0.3, 0.4) is 0 Å². The minimum atomic E-state index is -0.703. The molecular formula is C33H53N3O6. The van der Waals surface area contributed by atoms with Crippen LogP contribution in [0, 0.1) is 22.2 Å². The fourth-order valence-corrected chi connectivity index (χ4v) is 5.40. The van der Waals surface area contributed by atoms with Crippen LogP contribution in [-0.2, 0) is 19.1 Å². The van der Waals surface area contributed by atoms with Crippen molar-refractivity contribution in [1.29, 1.82) is 5.26 Å². The van der Waals surface area contributed by atoms with Crippen LogP contribution in [0.5, 0.6) is 0 Å². The molecule has 2 saturated heterocycles. The van der Waals surface area contributed by atoms with Crippen molar-refractivity contribution in [3.05, 3.63) is 25.3 Å². The first-order valence-corrected chi connectivity index (χ1v) is 15.1. The maximum atomic E-state index is 12.5. The molecule has 2 atom stereocenters. The van der Waals surface area contributed by atoms with Gasteiger partial charge in [-0.3, -0.25) is 9.59 Å². The fraction of sp³-hybridized carbons (Fsp3) is 0.727. The zero-order chi connectivity index (χ0) is 32.2. The van der Waals surface area contributed by atoms with Gasteiger partial charge in [0.15, 0.2) is 0 Å². The Bertz CT molecular complexity index is 1020. The summed E-state index contributed by atoms with van der Waals surface area (Å²) >= 11 is 0. The number of nitrogens with zero attached hydrogens (tertiary/aromatic N) is 3. The first-order valence-electron chi connectivity index (χ1n) is 15.1. The molecule has 42 heavy (non-hydrogen) atoms. The van der Waals surface area contributed by atoms with E-state index in [0.29, 0.717) is 77.5 Å². The zero-order valence-electron chi connectivity index (χ0n) is 27.1. The number of Topliss-reactive ketones (excluding diaryl/α,β-unsaturated/α-hetero) is 2. The van der Waals surface area contributed by atoms with Gasteiger partial charge in [0, 0.05) is 50.9 Å². The standard InChI is InChI=1S/C17H26N2O3.C16H27NO3/c1-5-9-17(10-7-11-18)13-19(12-6-8-14(17)20)15(21)22-16(2,3)4;1-6-10-16(7-2)12-17(11-8-9-13(16)18)14(19)20-15(3,4)5/h5H,1,6-10,12-13H2,2-4H3;6H,1,7-12H2,2-5H3/t17-;16-/m01/s1. The second-order valence-electron chi connectivity index (χ2n) is 13.4. The van der Waals surface area contributed by atoms with Crippen molar-refractivity contribution in [2.45, 2.75) is 117 Å². The topological polar surface area (TPSA) is 117 Å². The lowest BCUT2D eigenvalue weighted by atomic mass is 9.75. The van der Waals surface area contributed by atoms with Crippen LogP contribution >= 0.6 is 0 Å². The van der Waals surface area contributed by atoms with Crippen molar-refractivity contribution in [2.24, 2.45) is 10.8 Å². The third-order valence-electron chi connectivity index (χ3n) is 7.60. The average molecular weight is 588 g/mol. The number of amides is 2. The fourth-order valence-electron chi connectivity index (χ4n) is 5.40. The molecule has 9 nitrogen and oxygen atoms in total. The Morgan fingerprint density at radius 2 is 1.26 bits per heavy atom. The van der Waals surface area contributed by atoms with E-state index in [1.165, 1.54) is 0 Å². The molecule has 0 N–H and O–H groups in total. The summed E-state index contributed by atoms with van der Waals surface area (Å²) in [6, 6.07) is 2.10. The van der Waals surface area contributed by atoms with Crippen molar-refractivity contribution < 1.29 is 28.7 Å². The Morgan fingerprint density at radius 3 is 1.64 bits per heavy atom. The molecule has 2 fully saturated rings. The molecule has 236 valence electrons. The average Bonchev–Trinajstić information content (AvgIpc) is 3.14. The lowest BCUT2D eigenvalue weighted by molar-refractivity contribution is -0.129. The summed E-state index contributed by atoms with van der Waals surface area (Å²) in [7, 11) is 0. The van der Waals surface area contributed by atoms with Gasteiger partial charge in [-0.05, 0) is 80.1 Å². The van der Waals surface area contributed by atoms with Gasteiger partial charge in [0.1, 0.15) is 22.8 Å². The van der Waals surface area contributed by atoms with Gasteiger partial charge in [0.2, 0.25) is 0 Å². The first-order chi connectivity index (χ1) is 19.5. The molecule has 0 radical (unpaired) electrons. The number of ether oxygens (including phenoxy) is 2. The summed E-state index contributed by atoms with van der Waals surface area (Å²) < 4.78 is 10.9. The third-order valence-corrected chi connectivity index (χ3v) is 7.60. The van der Waals surface area contributed by atoms with Gasteiger partial charge in [-0.25, -0.2) is 9.59 Å². The molecule has 2 aliphatic rings. The maximum absolute atomic E-state index is 12.5. The van der Waals surface area contributed by atoms with Crippen molar-refractivity contribution >= 4 is 23.8 Å². The van der Waals surface area contributed by atoms with Crippen molar-refractivity contribution in [2.75, 3.05) is 26.2 Å². The number of rotatable bonds is 7. The van der Waals surface area contributed by atoms with Gasteiger partial charge in [0.05, 0.1) is 11.5 Å². The molecule has 0 spiro atoms. The van der Waals surface area contributed by atoms with E-state index in [2.05, 4.69) is 19.2 Å². The van der Waals surface area contributed by atoms with E-state index in [1.54, 1.807) is 22.0 Å². The maximum Gasteiger partial charge on any atom is 0.410 e. The predicted octanol–water partition coefficient (Wildman–Crippen LogP) is 7.01. The highest BCUT2D eigenvalue weighted by molar-refractivity contribution is 5.87. The lowest BCUT2D eigenvalue weighted by Gasteiger charge is -2.34.